The van der Waals surface area contributed by atoms with Crippen LogP contribution in [-0.4, -0.2) is 22.8 Å². The minimum absolute atomic E-state index is 0.00379. The molecule has 1 fully saturated rings. The van der Waals surface area contributed by atoms with Crippen molar-refractivity contribution < 1.29 is 9.59 Å². The number of amides is 2. The van der Waals surface area contributed by atoms with Crippen molar-refractivity contribution in [1.82, 2.24) is 4.90 Å². The summed E-state index contributed by atoms with van der Waals surface area (Å²) >= 11 is 0. The molecule has 2 rings (SSSR count). The Balaban J connectivity index is 2.28. The SMILES string of the molecule is CC1=CCC2C(=O)N(C(C)C)C(=O)C2C1. The van der Waals surface area contributed by atoms with Crippen molar-refractivity contribution in [1.29, 1.82) is 0 Å². The second-order valence-corrected chi connectivity index (χ2v) is 4.84. The van der Waals surface area contributed by atoms with Gasteiger partial charge in [-0.3, -0.25) is 14.5 Å². The van der Waals surface area contributed by atoms with Crippen LogP contribution in [-0.2, 0) is 9.59 Å². The summed E-state index contributed by atoms with van der Waals surface area (Å²) in [5, 5.41) is 0. The van der Waals surface area contributed by atoms with Gasteiger partial charge >= 0.3 is 0 Å². The first-order valence-electron chi connectivity index (χ1n) is 5.55. The maximum atomic E-state index is 12.0. The fraction of sp³-hybridized carbons (Fsp3) is 0.667. The zero-order valence-electron chi connectivity index (χ0n) is 9.49. The highest BCUT2D eigenvalue weighted by atomic mass is 16.2. The molecule has 0 saturated carbocycles. The van der Waals surface area contributed by atoms with Crippen molar-refractivity contribution in [3.8, 4) is 0 Å². The fourth-order valence-corrected chi connectivity index (χ4v) is 2.57. The lowest BCUT2D eigenvalue weighted by molar-refractivity contribution is -0.141. The van der Waals surface area contributed by atoms with E-state index in [1.807, 2.05) is 20.8 Å². The highest BCUT2D eigenvalue weighted by molar-refractivity contribution is 6.05. The van der Waals surface area contributed by atoms with Gasteiger partial charge in [-0.05, 0) is 33.6 Å². The van der Waals surface area contributed by atoms with Gasteiger partial charge in [0.25, 0.3) is 0 Å². The monoisotopic (exact) mass is 207 g/mol. The van der Waals surface area contributed by atoms with Gasteiger partial charge < -0.3 is 0 Å². The van der Waals surface area contributed by atoms with Gasteiger partial charge in [0.1, 0.15) is 0 Å². The maximum Gasteiger partial charge on any atom is 0.233 e. The molecule has 2 unspecified atom stereocenters. The van der Waals surface area contributed by atoms with E-state index in [-0.39, 0.29) is 29.7 Å². The third-order valence-corrected chi connectivity index (χ3v) is 3.37. The number of fused-ring (bicyclic) bond motifs is 1. The highest BCUT2D eigenvalue weighted by Crippen LogP contribution is 2.38. The normalized spacial score (nSPS) is 30.9. The van der Waals surface area contributed by atoms with Gasteiger partial charge in [0.15, 0.2) is 0 Å². The van der Waals surface area contributed by atoms with Gasteiger partial charge in [0.2, 0.25) is 11.8 Å². The summed E-state index contributed by atoms with van der Waals surface area (Å²) in [6.07, 6.45) is 3.60. The zero-order chi connectivity index (χ0) is 11.2. The van der Waals surface area contributed by atoms with Gasteiger partial charge in [-0.1, -0.05) is 11.6 Å². The summed E-state index contributed by atoms with van der Waals surface area (Å²) < 4.78 is 0. The van der Waals surface area contributed by atoms with Gasteiger partial charge in [0, 0.05) is 6.04 Å². The Morgan fingerprint density at radius 2 is 1.87 bits per heavy atom. The van der Waals surface area contributed by atoms with Crippen LogP contribution in [0.4, 0.5) is 0 Å². The minimum Gasteiger partial charge on any atom is -0.280 e. The first-order valence-corrected chi connectivity index (χ1v) is 5.55. The average Bonchev–Trinajstić information content (AvgIpc) is 2.39. The molecule has 0 spiro atoms. The molecule has 0 N–H and O–H groups in total. The van der Waals surface area contributed by atoms with E-state index in [2.05, 4.69) is 6.08 Å². The van der Waals surface area contributed by atoms with Crippen molar-refractivity contribution >= 4 is 11.8 Å². The van der Waals surface area contributed by atoms with Crippen molar-refractivity contribution in [3.05, 3.63) is 11.6 Å². The third-order valence-electron chi connectivity index (χ3n) is 3.37. The Hall–Kier alpha value is -1.12. The van der Waals surface area contributed by atoms with Crippen LogP contribution < -0.4 is 0 Å². The Morgan fingerprint density at radius 1 is 1.27 bits per heavy atom. The van der Waals surface area contributed by atoms with Crippen molar-refractivity contribution in [2.45, 2.75) is 39.7 Å². The van der Waals surface area contributed by atoms with E-state index in [1.165, 1.54) is 10.5 Å². The fourth-order valence-electron chi connectivity index (χ4n) is 2.57. The smallest absolute Gasteiger partial charge is 0.233 e. The maximum absolute atomic E-state index is 12.0. The lowest BCUT2D eigenvalue weighted by atomic mass is 9.82. The lowest BCUT2D eigenvalue weighted by Crippen LogP contribution is -2.37. The second-order valence-electron chi connectivity index (χ2n) is 4.84. The third kappa shape index (κ3) is 1.50. The van der Waals surface area contributed by atoms with Crippen LogP contribution in [0.5, 0.6) is 0 Å². The minimum atomic E-state index is -0.0800. The largest absolute Gasteiger partial charge is 0.280 e. The molecule has 82 valence electrons. The van der Waals surface area contributed by atoms with E-state index < -0.39 is 0 Å². The van der Waals surface area contributed by atoms with Crippen LogP contribution in [0.15, 0.2) is 11.6 Å². The summed E-state index contributed by atoms with van der Waals surface area (Å²) in [6.45, 7) is 5.83. The first kappa shape index (κ1) is 10.4. The Bertz CT molecular complexity index is 344. The predicted octanol–water partition coefficient (Wildman–Crippen LogP) is 1.74. The van der Waals surface area contributed by atoms with Crippen LogP contribution in [0.25, 0.3) is 0 Å². The molecule has 3 heteroatoms. The molecule has 1 saturated heterocycles. The summed E-state index contributed by atoms with van der Waals surface area (Å²) in [7, 11) is 0. The van der Waals surface area contributed by atoms with Gasteiger partial charge in [-0.25, -0.2) is 0 Å². The molecule has 2 amide bonds. The average molecular weight is 207 g/mol. The Morgan fingerprint density at radius 3 is 2.47 bits per heavy atom. The lowest BCUT2D eigenvalue weighted by Gasteiger charge is -2.19. The molecular formula is C12H17NO2. The number of carbonyl (C=O) groups is 2. The zero-order valence-corrected chi connectivity index (χ0v) is 9.49. The van der Waals surface area contributed by atoms with E-state index >= 15 is 0 Å². The van der Waals surface area contributed by atoms with Gasteiger partial charge in [-0.2, -0.15) is 0 Å². The Kier molecular flexibility index (Phi) is 2.41. The van der Waals surface area contributed by atoms with Crippen molar-refractivity contribution in [2.75, 3.05) is 0 Å². The highest BCUT2D eigenvalue weighted by Gasteiger charge is 2.48. The van der Waals surface area contributed by atoms with Crippen LogP contribution in [0, 0.1) is 11.8 Å². The van der Waals surface area contributed by atoms with Gasteiger partial charge in [0.05, 0.1) is 11.8 Å². The van der Waals surface area contributed by atoms with E-state index in [4.69, 9.17) is 0 Å². The molecule has 1 heterocycles. The molecule has 1 aliphatic heterocycles. The number of likely N-dealkylation sites (tertiary alicyclic amines) is 1. The van der Waals surface area contributed by atoms with Gasteiger partial charge in [-0.15, -0.1) is 0 Å². The van der Waals surface area contributed by atoms with E-state index in [9.17, 15) is 9.59 Å². The number of allylic oxidation sites excluding steroid dienone is 2. The molecule has 3 nitrogen and oxygen atoms in total. The standard InChI is InChI=1S/C12H17NO2/c1-7(2)13-11(14)9-5-4-8(3)6-10(9)12(13)15/h4,7,9-10H,5-6H2,1-3H3. The molecule has 0 radical (unpaired) electrons. The molecule has 0 aromatic rings. The van der Waals surface area contributed by atoms with Crippen LogP contribution in [0.3, 0.4) is 0 Å². The van der Waals surface area contributed by atoms with Crippen molar-refractivity contribution in [2.24, 2.45) is 11.8 Å². The molecule has 2 aliphatic rings. The predicted molar refractivity (Wildman–Crippen MR) is 57.0 cm³/mol. The number of carbonyl (C=O) groups excluding carboxylic acids is 2. The number of hydrogen-bond donors (Lipinski definition) is 0. The summed E-state index contributed by atoms with van der Waals surface area (Å²) in [5.74, 6) is -0.0929. The molecule has 2 atom stereocenters. The van der Waals surface area contributed by atoms with Crippen molar-refractivity contribution in [3.63, 3.8) is 0 Å². The molecule has 0 bridgehead atoms. The van der Waals surface area contributed by atoms with E-state index in [0.29, 0.717) is 0 Å². The molecule has 1 aliphatic carbocycles. The number of hydrogen-bond acceptors (Lipinski definition) is 2. The number of rotatable bonds is 1. The second kappa shape index (κ2) is 3.47. The van der Waals surface area contributed by atoms with E-state index in [1.54, 1.807) is 0 Å². The summed E-state index contributed by atoms with van der Waals surface area (Å²) in [5.41, 5.74) is 1.24. The topological polar surface area (TPSA) is 37.4 Å². The van der Waals surface area contributed by atoms with Crippen LogP contribution in [0.1, 0.15) is 33.6 Å². The quantitative estimate of drug-likeness (QED) is 0.485. The molecular weight excluding hydrogens is 190 g/mol. The first-order chi connectivity index (χ1) is 7.02. The molecule has 15 heavy (non-hydrogen) atoms. The Labute approximate surface area is 90.1 Å². The van der Waals surface area contributed by atoms with Crippen LogP contribution in [0.2, 0.25) is 0 Å². The number of nitrogens with zero attached hydrogens (tertiary/aromatic N) is 1. The summed E-state index contributed by atoms with van der Waals surface area (Å²) in [6, 6.07) is -0.00379. The number of imide groups is 1. The summed E-state index contributed by atoms with van der Waals surface area (Å²) in [4.78, 5) is 25.4. The molecule has 0 aromatic heterocycles. The van der Waals surface area contributed by atoms with Crippen LogP contribution >= 0.6 is 0 Å². The van der Waals surface area contributed by atoms with E-state index in [0.717, 1.165) is 12.8 Å². The molecule has 0 aromatic carbocycles.